The summed E-state index contributed by atoms with van der Waals surface area (Å²) in [5, 5.41) is 29.8. The van der Waals surface area contributed by atoms with E-state index >= 15 is 0 Å². The van der Waals surface area contributed by atoms with E-state index in [0.717, 1.165) is 0 Å². The summed E-state index contributed by atoms with van der Waals surface area (Å²) in [7, 11) is -4.79. The number of phosphoric ester groups is 1. The molecule has 13 nitrogen and oxygen atoms in total. The minimum Gasteiger partial charge on any atom is -0.478 e. The molecule has 0 saturated carbocycles. The topological polar surface area (TPSA) is 197 Å². The number of carbonyl (C=O) groups is 1. The Bertz CT molecular complexity index is 1180. The molecule has 3 heterocycles. The van der Waals surface area contributed by atoms with E-state index in [4.69, 9.17) is 14.5 Å². The number of ether oxygens (including phenoxy) is 1. The number of aromatic nitrogens is 4. The van der Waals surface area contributed by atoms with Gasteiger partial charge in [-0.1, -0.05) is 12.1 Å². The lowest BCUT2D eigenvalue weighted by atomic mass is 10.1. The SMILES string of the molecule is O=C(O)c1cccc(-c2ncnc3c2ncn3[C@@H]2O[C@H](COP(=O)(O)O)[C@H](O)[C@H]2O)c1. The fourth-order valence-corrected chi connectivity index (χ4v) is 3.66. The van der Waals surface area contributed by atoms with Crippen molar-refractivity contribution in [1.82, 2.24) is 19.5 Å². The summed E-state index contributed by atoms with van der Waals surface area (Å²) >= 11 is 0. The van der Waals surface area contributed by atoms with Crippen molar-refractivity contribution >= 4 is 25.0 Å². The van der Waals surface area contributed by atoms with Crippen molar-refractivity contribution in [3.63, 3.8) is 0 Å². The summed E-state index contributed by atoms with van der Waals surface area (Å²) in [6.45, 7) is -0.645. The van der Waals surface area contributed by atoms with E-state index < -0.39 is 44.9 Å². The largest absolute Gasteiger partial charge is 0.478 e. The first-order chi connectivity index (χ1) is 14.7. The Morgan fingerprint density at radius 2 is 1.97 bits per heavy atom. The summed E-state index contributed by atoms with van der Waals surface area (Å²) in [6, 6.07) is 6.10. The first-order valence-corrected chi connectivity index (χ1v) is 10.4. The minimum atomic E-state index is -4.79. The van der Waals surface area contributed by atoms with E-state index in [-0.39, 0.29) is 11.2 Å². The Hall–Kier alpha value is -2.77. The molecule has 31 heavy (non-hydrogen) atoms. The van der Waals surface area contributed by atoms with Crippen LogP contribution in [0.15, 0.2) is 36.9 Å². The highest BCUT2D eigenvalue weighted by Crippen LogP contribution is 2.39. The molecule has 1 aromatic carbocycles. The molecule has 4 atom stereocenters. The monoisotopic (exact) mass is 452 g/mol. The van der Waals surface area contributed by atoms with Gasteiger partial charge in [-0.05, 0) is 12.1 Å². The molecule has 0 unspecified atom stereocenters. The number of aliphatic hydroxyl groups is 2. The second-order valence-corrected chi connectivity index (χ2v) is 8.00. The molecule has 1 aliphatic heterocycles. The average Bonchev–Trinajstić information content (AvgIpc) is 3.27. The van der Waals surface area contributed by atoms with E-state index in [1.807, 2.05) is 0 Å². The number of fused-ring (bicyclic) bond motifs is 1. The summed E-state index contributed by atoms with van der Waals surface area (Å²) in [4.78, 5) is 41.5. The highest BCUT2D eigenvalue weighted by molar-refractivity contribution is 7.46. The summed E-state index contributed by atoms with van der Waals surface area (Å²) in [5.41, 5.74) is 1.43. The van der Waals surface area contributed by atoms with Gasteiger partial charge >= 0.3 is 13.8 Å². The normalized spacial score (nSPS) is 24.0. The maximum atomic E-state index is 11.3. The van der Waals surface area contributed by atoms with Crippen molar-refractivity contribution in [2.45, 2.75) is 24.5 Å². The maximum Gasteiger partial charge on any atom is 0.469 e. The molecule has 0 aliphatic carbocycles. The quantitative estimate of drug-likeness (QED) is 0.312. The van der Waals surface area contributed by atoms with Crippen molar-refractivity contribution in [2.75, 3.05) is 6.61 Å². The van der Waals surface area contributed by atoms with Gasteiger partial charge in [0.1, 0.15) is 35.8 Å². The number of rotatable bonds is 6. The lowest BCUT2D eigenvalue weighted by Crippen LogP contribution is -2.33. The molecule has 4 rings (SSSR count). The number of carboxylic acid groups (broad SMARTS) is 1. The van der Waals surface area contributed by atoms with Crippen molar-refractivity contribution < 1.29 is 43.7 Å². The fraction of sp³-hybridized carbons (Fsp3) is 0.294. The summed E-state index contributed by atoms with van der Waals surface area (Å²) < 4.78 is 22.2. The van der Waals surface area contributed by atoms with Crippen LogP contribution in [0.1, 0.15) is 16.6 Å². The Morgan fingerprint density at radius 3 is 2.68 bits per heavy atom. The first kappa shape index (κ1) is 21.5. The third kappa shape index (κ3) is 4.20. The van der Waals surface area contributed by atoms with Gasteiger partial charge in [0, 0.05) is 5.56 Å². The van der Waals surface area contributed by atoms with Gasteiger partial charge in [-0.15, -0.1) is 0 Å². The van der Waals surface area contributed by atoms with Gasteiger partial charge in [0.05, 0.1) is 18.5 Å². The maximum absolute atomic E-state index is 11.3. The second-order valence-electron chi connectivity index (χ2n) is 6.76. The minimum absolute atomic E-state index is 0.0641. The van der Waals surface area contributed by atoms with Crippen LogP contribution >= 0.6 is 7.82 Å². The van der Waals surface area contributed by atoms with E-state index in [1.165, 1.54) is 29.4 Å². The molecule has 164 valence electrons. The third-order valence-electron chi connectivity index (χ3n) is 4.76. The van der Waals surface area contributed by atoms with Crippen molar-refractivity contribution in [2.24, 2.45) is 0 Å². The standard InChI is InChI=1S/C17H17N4O9P/c22-13-10(5-29-31(26,27)28)30-16(14(13)23)21-7-20-12-11(18-6-19-15(12)21)8-2-1-3-9(4-8)17(24)25/h1-4,6-7,10,13-14,16,22-23H,5H2,(H,24,25)(H2,26,27,28)/t10-,13+,14-,16-/m1/s1. The fourth-order valence-electron chi connectivity index (χ4n) is 3.32. The molecule has 0 radical (unpaired) electrons. The molecule has 0 bridgehead atoms. The number of hydrogen-bond donors (Lipinski definition) is 5. The number of aliphatic hydroxyl groups excluding tert-OH is 2. The van der Waals surface area contributed by atoms with E-state index in [1.54, 1.807) is 12.1 Å². The van der Waals surface area contributed by atoms with Gasteiger partial charge in [-0.25, -0.2) is 24.3 Å². The van der Waals surface area contributed by atoms with Gasteiger partial charge in [0.25, 0.3) is 0 Å². The Balaban J connectivity index is 1.68. The number of aromatic carboxylic acids is 1. The number of hydrogen-bond acceptors (Lipinski definition) is 9. The predicted octanol–water partition coefficient (Wildman–Crippen LogP) is -0.0800. The molecule has 14 heteroatoms. The van der Waals surface area contributed by atoms with Crippen molar-refractivity contribution in [3.05, 3.63) is 42.5 Å². The summed E-state index contributed by atoms with van der Waals surface area (Å²) in [5.74, 6) is -1.10. The number of nitrogens with zero attached hydrogens (tertiary/aromatic N) is 4. The van der Waals surface area contributed by atoms with Gasteiger partial charge in [0.2, 0.25) is 0 Å². The number of benzene rings is 1. The van der Waals surface area contributed by atoms with Crippen molar-refractivity contribution in [3.8, 4) is 11.3 Å². The van der Waals surface area contributed by atoms with Crippen LogP contribution in [0, 0.1) is 0 Å². The lowest BCUT2D eigenvalue weighted by molar-refractivity contribution is -0.0504. The van der Waals surface area contributed by atoms with Crippen LogP contribution in [0.4, 0.5) is 0 Å². The molecule has 1 aliphatic rings. The molecule has 0 amide bonds. The number of imidazole rings is 1. The summed E-state index contributed by atoms with van der Waals surface area (Å²) in [6.07, 6.45) is -2.79. The van der Waals surface area contributed by atoms with Gasteiger partial charge < -0.3 is 29.8 Å². The molecule has 3 aromatic rings. The predicted molar refractivity (Wildman–Crippen MR) is 102 cm³/mol. The van der Waals surface area contributed by atoms with Crippen LogP contribution in [0.2, 0.25) is 0 Å². The van der Waals surface area contributed by atoms with Crippen LogP contribution < -0.4 is 0 Å². The van der Waals surface area contributed by atoms with Crippen LogP contribution in [0.5, 0.6) is 0 Å². The number of phosphoric acid groups is 1. The molecule has 2 aromatic heterocycles. The van der Waals surface area contributed by atoms with Gasteiger partial charge in [0.15, 0.2) is 11.9 Å². The van der Waals surface area contributed by atoms with E-state index in [0.29, 0.717) is 16.8 Å². The zero-order valence-electron chi connectivity index (χ0n) is 15.6. The van der Waals surface area contributed by atoms with Crippen molar-refractivity contribution in [1.29, 1.82) is 0 Å². The first-order valence-electron chi connectivity index (χ1n) is 8.88. The zero-order chi connectivity index (χ0) is 22.3. The molecular formula is C17H17N4O9P. The van der Waals surface area contributed by atoms with E-state index in [9.17, 15) is 24.7 Å². The van der Waals surface area contributed by atoms with Crippen LogP contribution in [-0.2, 0) is 13.8 Å². The highest BCUT2D eigenvalue weighted by atomic mass is 31.2. The van der Waals surface area contributed by atoms with E-state index in [2.05, 4.69) is 19.5 Å². The molecular weight excluding hydrogens is 435 g/mol. The van der Waals surface area contributed by atoms with Crippen LogP contribution in [-0.4, -0.2) is 75.5 Å². The molecule has 1 saturated heterocycles. The Labute approximate surface area is 173 Å². The van der Waals surface area contributed by atoms with Crippen LogP contribution in [0.3, 0.4) is 0 Å². The molecule has 5 N–H and O–H groups in total. The molecule has 1 fully saturated rings. The highest BCUT2D eigenvalue weighted by Gasteiger charge is 2.45. The third-order valence-corrected chi connectivity index (χ3v) is 5.25. The Kier molecular flexibility index (Phi) is 5.58. The average molecular weight is 452 g/mol. The van der Waals surface area contributed by atoms with Gasteiger partial charge in [-0.3, -0.25) is 9.09 Å². The Morgan fingerprint density at radius 1 is 1.19 bits per heavy atom. The molecule has 0 spiro atoms. The van der Waals surface area contributed by atoms with Gasteiger partial charge in [-0.2, -0.15) is 0 Å². The van der Waals surface area contributed by atoms with Crippen LogP contribution in [0.25, 0.3) is 22.4 Å². The number of carboxylic acids is 1. The zero-order valence-corrected chi connectivity index (χ0v) is 16.5. The lowest BCUT2D eigenvalue weighted by Gasteiger charge is -2.16. The smallest absolute Gasteiger partial charge is 0.469 e. The second kappa shape index (κ2) is 8.05.